The third-order valence-corrected chi connectivity index (χ3v) is 6.54. The molecule has 0 aliphatic carbocycles. The minimum Gasteiger partial charge on any atom is -0.495 e. The summed E-state index contributed by atoms with van der Waals surface area (Å²) in [6, 6.07) is 13.6. The van der Waals surface area contributed by atoms with Crippen LogP contribution in [-0.4, -0.2) is 85.5 Å². The summed E-state index contributed by atoms with van der Waals surface area (Å²) < 4.78 is 17.6. The largest absolute Gasteiger partial charge is 0.495 e. The van der Waals surface area contributed by atoms with Crippen molar-refractivity contribution in [1.82, 2.24) is 15.2 Å². The van der Waals surface area contributed by atoms with Crippen LogP contribution < -0.4 is 15.0 Å². The first-order valence-electron chi connectivity index (χ1n) is 10.9. The summed E-state index contributed by atoms with van der Waals surface area (Å²) in [7, 11) is 1.71. The molecule has 4 heterocycles. The van der Waals surface area contributed by atoms with E-state index in [0.29, 0.717) is 13.2 Å². The van der Waals surface area contributed by atoms with E-state index in [1.165, 1.54) is 0 Å². The number of ether oxygens (including phenoxy) is 3. The van der Waals surface area contributed by atoms with E-state index < -0.39 is 6.10 Å². The maximum atomic E-state index is 11.3. The minimum absolute atomic E-state index is 0.144. The molecule has 2 bridgehead atoms. The molecule has 31 heavy (non-hydrogen) atoms. The Labute approximate surface area is 182 Å². The molecule has 1 aromatic heterocycles. The maximum absolute atomic E-state index is 11.3. The van der Waals surface area contributed by atoms with Crippen LogP contribution >= 0.6 is 0 Å². The third kappa shape index (κ3) is 4.14. The Hall–Kier alpha value is -2.23. The van der Waals surface area contributed by atoms with Crippen LogP contribution in [0.15, 0.2) is 48.7 Å². The SMILES string of the molecule is COc1ccccc1N1CCN([C@H]2[C@@H]3OC[C@@H](O3)[C@@H](NCc3ccccn3)[C@@H]2O)CC1. The van der Waals surface area contributed by atoms with E-state index in [2.05, 4.69) is 26.2 Å². The Morgan fingerprint density at radius 1 is 1.13 bits per heavy atom. The van der Waals surface area contributed by atoms with Crippen LogP contribution in [0.4, 0.5) is 5.69 Å². The lowest BCUT2D eigenvalue weighted by Gasteiger charge is -2.47. The standard InChI is InChI=1S/C23H30N4O4/c1-29-18-8-3-2-7-17(18)26-10-12-27(13-11-26)21-22(28)20(19-15-30-23(21)31-19)25-14-16-6-4-5-9-24-16/h2-9,19-23,25,28H,10-15H2,1H3/t19-,20-,21-,22+,23-/m1/s1. The van der Waals surface area contributed by atoms with Gasteiger partial charge in [0.15, 0.2) is 6.29 Å². The van der Waals surface area contributed by atoms with Crippen molar-refractivity contribution >= 4 is 5.69 Å². The molecule has 0 saturated carbocycles. The zero-order chi connectivity index (χ0) is 21.2. The molecule has 3 saturated heterocycles. The van der Waals surface area contributed by atoms with Gasteiger partial charge in [-0.15, -0.1) is 0 Å². The number of fused-ring (bicyclic) bond motifs is 2. The van der Waals surface area contributed by atoms with E-state index in [1.54, 1.807) is 13.3 Å². The van der Waals surface area contributed by atoms with Crippen molar-refractivity contribution in [1.29, 1.82) is 0 Å². The van der Waals surface area contributed by atoms with Crippen molar-refractivity contribution in [2.75, 3.05) is 44.8 Å². The summed E-state index contributed by atoms with van der Waals surface area (Å²) in [6.07, 6.45) is 0.678. The molecule has 5 atom stereocenters. The van der Waals surface area contributed by atoms with Crippen molar-refractivity contribution in [3.8, 4) is 5.75 Å². The highest BCUT2D eigenvalue weighted by atomic mass is 16.7. The second-order valence-electron chi connectivity index (χ2n) is 8.28. The summed E-state index contributed by atoms with van der Waals surface area (Å²) in [5.74, 6) is 0.887. The van der Waals surface area contributed by atoms with Crippen molar-refractivity contribution in [2.45, 2.75) is 37.1 Å². The molecule has 8 nitrogen and oxygen atoms in total. The predicted octanol–water partition coefficient (Wildman–Crippen LogP) is 0.855. The average Bonchev–Trinajstić information content (AvgIpc) is 3.25. The van der Waals surface area contributed by atoms with Crippen molar-refractivity contribution in [3.05, 3.63) is 54.4 Å². The van der Waals surface area contributed by atoms with Crippen LogP contribution in [0.3, 0.4) is 0 Å². The van der Waals surface area contributed by atoms with Gasteiger partial charge in [-0.05, 0) is 24.3 Å². The van der Waals surface area contributed by atoms with E-state index in [9.17, 15) is 5.11 Å². The topological polar surface area (TPSA) is 79.3 Å². The molecule has 3 fully saturated rings. The molecule has 5 rings (SSSR count). The lowest BCUT2D eigenvalue weighted by Crippen LogP contribution is -2.66. The second-order valence-corrected chi connectivity index (χ2v) is 8.28. The van der Waals surface area contributed by atoms with Gasteiger partial charge in [0.25, 0.3) is 0 Å². The quantitative estimate of drug-likeness (QED) is 0.704. The Bertz CT molecular complexity index is 862. The molecule has 0 radical (unpaired) electrons. The number of nitrogens with zero attached hydrogens (tertiary/aromatic N) is 3. The average molecular weight is 427 g/mol. The zero-order valence-electron chi connectivity index (χ0n) is 17.8. The first-order valence-corrected chi connectivity index (χ1v) is 10.9. The van der Waals surface area contributed by atoms with Gasteiger partial charge >= 0.3 is 0 Å². The van der Waals surface area contributed by atoms with Gasteiger partial charge in [0, 0.05) is 38.9 Å². The van der Waals surface area contributed by atoms with Gasteiger partial charge in [-0.1, -0.05) is 18.2 Å². The maximum Gasteiger partial charge on any atom is 0.176 e. The first kappa shape index (κ1) is 20.7. The van der Waals surface area contributed by atoms with Crippen LogP contribution in [0.5, 0.6) is 5.75 Å². The van der Waals surface area contributed by atoms with Gasteiger partial charge in [-0.2, -0.15) is 0 Å². The van der Waals surface area contributed by atoms with Gasteiger partial charge < -0.3 is 29.5 Å². The summed E-state index contributed by atoms with van der Waals surface area (Å²) >= 11 is 0. The number of hydrogen-bond acceptors (Lipinski definition) is 8. The highest BCUT2D eigenvalue weighted by Crippen LogP contribution is 2.33. The van der Waals surface area contributed by atoms with Crippen LogP contribution in [0.25, 0.3) is 0 Å². The van der Waals surface area contributed by atoms with E-state index in [0.717, 1.165) is 43.3 Å². The molecular formula is C23H30N4O4. The molecule has 2 N–H and O–H groups in total. The van der Waals surface area contributed by atoms with E-state index in [1.807, 2.05) is 36.4 Å². The summed E-state index contributed by atoms with van der Waals surface area (Å²) in [5, 5.41) is 14.7. The van der Waals surface area contributed by atoms with Crippen LogP contribution in [-0.2, 0) is 16.0 Å². The Balaban J connectivity index is 1.24. The normalized spacial score (nSPS) is 31.0. The monoisotopic (exact) mass is 426 g/mol. The Kier molecular flexibility index (Phi) is 6.06. The van der Waals surface area contributed by atoms with E-state index in [4.69, 9.17) is 14.2 Å². The van der Waals surface area contributed by atoms with Gasteiger partial charge in [0.2, 0.25) is 0 Å². The highest BCUT2D eigenvalue weighted by Gasteiger charge is 2.52. The van der Waals surface area contributed by atoms with Gasteiger partial charge in [-0.3, -0.25) is 9.88 Å². The summed E-state index contributed by atoms with van der Waals surface area (Å²) in [4.78, 5) is 9.00. The smallest absolute Gasteiger partial charge is 0.176 e. The number of aromatic nitrogens is 1. The number of anilines is 1. The summed E-state index contributed by atoms with van der Waals surface area (Å²) in [5.41, 5.74) is 2.05. The number of para-hydroxylation sites is 2. The fourth-order valence-electron chi connectivity index (χ4n) is 4.92. The lowest BCUT2D eigenvalue weighted by molar-refractivity contribution is -0.183. The molecule has 166 valence electrons. The molecule has 0 amide bonds. The van der Waals surface area contributed by atoms with Crippen LogP contribution in [0, 0.1) is 0 Å². The van der Waals surface area contributed by atoms with E-state index >= 15 is 0 Å². The number of pyridine rings is 1. The fourth-order valence-corrected chi connectivity index (χ4v) is 4.92. The predicted molar refractivity (Wildman–Crippen MR) is 116 cm³/mol. The highest BCUT2D eigenvalue weighted by molar-refractivity contribution is 5.58. The Morgan fingerprint density at radius 3 is 2.71 bits per heavy atom. The molecule has 3 aliphatic heterocycles. The number of nitrogens with one attached hydrogen (secondary N) is 1. The molecule has 1 aromatic carbocycles. The number of hydrogen-bond donors (Lipinski definition) is 2. The van der Waals surface area contributed by atoms with Gasteiger partial charge in [-0.25, -0.2) is 0 Å². The van der Waals surface area contributed by atoms with Crippen LogP contribution in [0.2, 0.25) is 0 Å². The van der Waals surface area contributed by atoms with Crippen molar-refractivity contribution in [3.63, 3.8) is 0 Å². The molecular weight excluding hydrogens is 396 g/mol. The molecule has 0 unspecified atom stereocenters. The summed E-state index contributed by atoms with van der Waals surface area (Å²) in [6.45, 7) is 4.43. The van der Waals surface area contributed by atoms with Crippen molar-refractivity contribution < 1.29 is 19.3 Å². The number of methoxy groups -OCH3 is 1. The van der Waals surface area contributed by atoms with Gasteiger partial charge in [0.05, 0.1) is 43.3 Å². The van der Waals surface area contributed by atoms with Crippen molar-refractivity contribution in [2.24, 2.45) is 0 Å². The molecule has 3 aliphatic rings. The number of aliphatic hydroxyl groups is 1. The molecule has 8 heteroatoms. The zero-order valence-corrected chi connectivity index (χ0v) is 17.8. The first-order chi connectivity index (χ1) is 15.2. The Morgan fingerprint density at radius 2 is 1.94 bits per heavy atom. The second kappa shape index (κ2) is 9.10. The van der Waals surface area contributed by atoms with Crippen LogP contribution in [0.1, 0.15) is 5.69 Å². The molecule has 0 spiro atoms. The number of piperazine rings is 1. The number of rotatable bonds is 6. The third-order valence-electron chi connectivity index (χ3n) is 6.54. The fraction of sp³-hybridized carbons (Fsp3) is 0.522. The molecule has 2 aromatic rings. The lowest BCUT2D eigenvalue weighted by atomic mass is 9.94. The number of benzene rings is 1. The number of aliphatic hydroxyl groups excluding tert-OH is 1. The van der Waals surface area contributed by atoms with E-state index in [-0.39, 0.29) is 24.5 Å². The minimum atomic E-state index is -0.576. The van der Waals surface area contributed by atoms with Gasteiger partial charge in [0.1, 0.15) is 11.9 Å².